The fraction of sp³-hybridized carbons (Fsp3) is 0.333. The molecule has 0 fully saturated rings. The Morgan fingerprint density at radius 2 is 1.93 bits per heavy atom. The minimum atomic E-state index is 0.950. The summed E-state index contributed by atoms with van der Waals surface area (Å²) in [7, 11) is 1.78. The van der Waals surface area contributed by atoms with Gasteiger partial charge in [0.2, 0.25) is 0 Å². The van der Waals surface area contributed by atoms with E-state index in [0.29, 0.717) is 0 Å². The van der Waals surface area contributed by atoms with E-state index in [1.807, 2.05) is 32.0 Å². The molecule has 2 heteroatoms. The van der Waals surface area contributed by atoms with E-state index >= 15 is 0 Å². The average molecular weight is 188 g/mol. The van der Waals surface area contributed by atoms with E-state index in [0.717, 1.165) is 17.1 Å². The van der Waals surface area contributed by atoms with Gasteiger partial charge in [0.25, 0.3) is 0 Å². The van der Waals surface area contributed by atoms with Gasteiger partial charge in [-0.25, -0.2) is 4.98 Å². The van der Waals surface area contributed by atoms with Crippen LogP contribution in [0, 0.1) is 0 Å². The first-order valence-corrected chi connectivity index (χ1v) is 4.73. The lowest BCUT2D eigenvalue weighted by atomic mass is 10.1. The molecule has 0 saturated heterocycles. The Morgan fingerprint density at radius 1 is 1.29 bits per heavy atom. The smallest absolute Gasteiger partial charge is 0.0844 e. The van der Waals surface area contributed by atoms with Crippen molar-refractivity contribution in [1.82, 2.24) is 4.98 Å². The van der Waals surface area contributed by atoms with Crippen molar-refractivity contribution in [3.8, 4) is 0 Å². The molecule has 1 aromatic heterocycles. The van der Waals surface area contributed by atoms with Crippen LogP contribution in [0.15, 0.2) is 29.3 Å². The number of aliphatic imine (C=N–C) groups is 1. The van der Waals surface area contributed by atoms with Crippen molar-refractivity contribution in [3.05, 3.63) is 35.7 Å². The van der Waals surface area contributed by atoms with Crippen molar-refractivity contribution in [3.63, 3.8) is 0 Å². The molecule has 0 atom stereocenters. The van der Waals surface area contributed by atoms with Gasteiger partial charge in [0.15, 0.2) is 0 Å². The Bertz CT molecular complexity index is 342. The second kappa shape index (κ2) is 4.70. The first-order chi connectivity index (χ1) is 6.69. The Kier molecular flexibility index (Phi) is 3.57. The van der Waals surface area contributed by atoms with Crippen LogP contribution in [0.25, 0.3) is 5.57 Å². The van der Waals surface area contributed by atoms with Gasteiger partial charge in [-0.2, -0.15) is 0 Å². The van der Waals surface area contributed by atoms with Gasteiger partial charge in [-0.3, -0.25) is 4.99 Å². The van der Waals surface area contributed by atoms with E-state index < -0.39 is 0 Å². The Hall–Kier alpha value is -1.44. The number of allylic oxidation sites excluding steroid dienone is 2. The minimum Gasteiger partial charge on any atom is -0.291 e. The lowest BCUT2D eigenvalue weighted by Crippen LogP contribution is -2.00. The summed E-state index contributed by atoms with van der Waals surface area (Å²) in [5.41, 5.74) is 4.13. The number of pyridine rings is 1. The molecule has 0 aliphatic rings. The predicted octanol–water partition coefficient (Wildman–Crippen LogP) is 2.94. The zero-order chi connectivity index (χ0) is 10.6. The predicted molar refractivity (Wildman–Crippen MR) is 61.7 cm³/mol. The Labute approximate surface area is 85.4 Å². The summed E-state index contributed by atoms with van der Waals surface area (Å²) in [5.74, 6) is 0. The molecular formula is C12H16N2. The number of rotatable bonds is 2. The molecule has 0 aliphatic heterocycles. The van der Waals surface area contributed by atoms with E-state index in [4.69, 9.17) is 0 Å². The van der Waals surface area contributed by atoms with E-state index in [1.165, 1.54) is 5.57 Å². The van der Waals surface area contributed by atoms with Crippen molar-refractivity contribution in [1.29, 1.82) is 0 Å². The lowest BCUT2D eigenvalue weighted by molar-refractivity contribution is 1.22. The van der Waals surface area contributed by atoms with Gasteiger partial charge >= 0.3 is 0 Å². The molecular weight excluding hydrogens is 172 g/mol. The Morgan fingerprint density at radius 3 is 2.50 bits per heavy atom. The third-order valence-electron chi connectivity index (χ3n) is 2.29. The monoisotopic (exact) mass is 188 g/mol. The summed E-state index contributed by atoms with van der Waals surface area (Å²) >= 11 is 0. The number of hydrogen-bond acceptors (Lipinski definition) is 2. The molecule has 0 unspecified atom stereocenters. The van der Waals surface area contributed by atoms with E-state index in [9.17, 15) is 0 Å². The van der Waals surface area contributed by atoms with Gasteiger partial charge < -0.3 is 0 Å². The maximum atomic E-state index is 4.52. The van der Waals surface area contributed by atoms with Crippen LogP contribution in [-0.2, 0) is 0 Å². The highest BCUT2D eigenvalue weighted by Crippen LogP contribution is 2.11. The zero-order valence-electron chi connectivity index (χ0n) is 9.20. The van der Waals surface area contributed by atoms with E-state index in [-0.39, 0.29) is 0 Å². The van der Waals surface area contributed by atoms with Crippen LogP contribution in [0.4, 0.5) is 0 Å². The highest BCUT2D eigenvalue weighted by Gasteiger charge is 2.00. The van der Waals surface area contributed by atoms with Crippen LogP contribution in [-0.4, -0.2) is 17.7 Å². The van der Waals surface area contributed by atoms with E-state index in [1.54, 1.807) is 7.05 Å². The highest BCUT2D eigenvalue weighted by atomic mass is 14.8. The van der Waals surface area contributed by atoms with Crippen molar-refractivity contribution in [2.75, 3.05) is 7.05 Å². The van der Waals surface area contributed by atoms with Gasteiger partial charge in [0.05, 0.1) is 17.1 Å². The quantitative estimate of drug-likeness (QED) is 0.655. The molecule has 2 nitrogen and oxygen atoms in total. The maximum absolute atomic E-state index is 4.52. The summed E-state index contributed by atoms with van der Waals surface area (Å²) in [5, 5.41) is 0. The second-order valence-electron chi connectivity index (χ2n) is 3.19. The van der Waals surface area contributed by atoms with Gasteiger partial charge in [-0.05, 0) is 38.5 Å². The highest BCUT2D eigenvalue weighted by molar-refractivity contribution is 5.97. The lowest BCUT2D eigenvalue weighted by Gasteiger charge is -2.03. The van der Waals surface area contributed by atoms with E-state index in [2.05, 4.69) is 23.0 Å². The Balaban J connectivity index is 3.14. The third-order valence-corrected chi connectivity index (χ3v) is 2.29. The molecule has 0 aliphatic carbocycles. The van der Waals surface area contributed by atoms with Crippen LogP contribution in [0.1, 0.15) is 32.2 Å². The number of aromatic nitrogens is 1. The first-order valence-electron chi connectivity index (χ1n) is 4.73. The van der Waals surface area contributed by atoms with Crippen LogP contribution >= 0.6 is 0 Å². The van der Waals surface area contributed by atoms with Gasteiger partial charge in [-0.15, -0.1) is 0 Å². The summed E-state index contributed by atoms with van der Waals surface area (Å²) in [6, 6.07) is 6.01. The number of nitrogens with zero attached hydrogens (tertiary/aromatic N) is 2. The fourth-order valence-corrected chi connectivity index (χ4v) is 1.12. The summed E-state index contributed by atoms with van der Waals surface area (Å²) in [6.07, 6.45) is 2.06. The van der Waals surface area contributed by atoms with Crippen molar-refractivity contribution in [2.45, 2.75) is 20.8 Å². The summed E-state index contributed by atoms with van der Waals surface area (Å²) in [6.45, 7) is 6.05. The fourth-order valence-electron chi connectivity index (χ4n) is 1.12. The van der Waals surface area contributed by atoms with Crippen LogP contribution in [0.2, 0.25) is 0 Å². The molecule has 0 radical (unpaired) electrons. The SMILES string of the molecule is C/C=C(\C)c1cccc(C(C)=NC)n1. The summed E-state index contributed by atoms with van der Waals surface area (Å²) in [4.78, 5) is 8.63. The molecule has 1 rings (SSSR count). The van der Waals surface area contributed by atoms with Crippen molar-refractivity contribution < 1.29 is 0 Å². The molecule has 1 heterocycles. The first kappa shape index (κ1) is 10.6. The molecule has 0 saturated carbocycles. The second-order valence-corrected chi connectivity index (χ2v) is 3.19. The van der Waals surface area contributed by atoms with Crippen LogP contribution in [0.3, 0.4) is 0 Å². The zero-order valence-corrected chi connectivity index (χ0v) is 9.20. The molecule has 74 valence electrons. The average Bonchev–Trinajstić information content (AvgIpc) is 2.27. The topological polar surface area (TPSA) is 25.2 Å². The standard InChI is InChI=1S/C12H16N2/c1-5-9(2)11-7-6-8-12(14-11)10(3)13-4/h5-8H,1-4H3/b9-5+,13-10?. The molecule has 1 aromatic rings. The largest absolute Gasteiger partial charge is 0.291 e. The van der Waals surface area contributed by atoms with Crippen LogP contribution in [0.5, 0.6) is 0 Å². The molecule has 0 spiro atoms. The molecule has 0 aromatic carbocycles. The number of hydrogen-bond donors (Lipinski definition) is 0. The molecule has 0 bridgehead atoms. The van der Waals surface area contributed by atoms with Crippen molar-refractivity contribution in [2.24, 2.45) is 4.99 Å². The maximum Gasteiger partial charge on any atom is 0.0844 e. The normalized spacial score (nSPS) is 13.1. The van der Waals surface area contributed by atoms with Gasteiger partial charge in [-0.1, -0.05) is 12.1 Å². The van der Waals surface area contributed by atoms with Crippen molar-refractivity contribution >= 4 is 11.3 Å². The molecule has 14 heavy (non-hydrogen) atoms. The molecule has 0 N–H and O–H groups in total. The van der Waals surface area contributed by atoms with Gasteiger partial charge in [0.1, 0.15) is 0 Å². The minimum absolute atomic E-state index is 0.950. The molecule has 0 amide bonds. The van der Waals surface area contributed by atoms with Gasteiger partial charge in [0, 0.05) is 7.05 Å². The van der Waals surface area contributed by atoms with Crippen LogP contribution < -0.4 is 0 Å². The third kappa shape index (κ3) is 2.28. The summed E-state index contributed by atoms with van der Waals surface area (Å²) < 4.78 is 0.